The van der Waals surface area contributed by atoms with Gasteiger partial charge >= 0.3 is 0 Å². The van der Waals surface area contributed by atoms with Crippen molar-refractivity contribution < 1.29 is 0 Å². The zero-order valence-electron chi connectivity index (χ0n) is 14.5. The third-order valence-corrected chi connectivity index (χ3v) is 4.70. The number of benzene rings is 1. The van der Waals surface area contributed by atoms with Crippen molar-refractivity contribution in [2.75, 3.05) is 10.6 Å². The molecule has 134 valence electrons. The first-order valence-electron chi connectivity index (χ1n) is 8.34. The van der Waals surface area contributed by atoms with Gasteiger partial charge in [0.1, 0.15) is 5.82 Å². The molecule has 0 aliphatic carbocycles. The van der Waals surface area contributed by atoms with Gasteiger partial charge in [-0.25, -0.2) is 4.98 Å². The van der Waals surface area contributed by atoms with E-state index in [0.29, 0.717) is 27.5 Å². The van der Waals surface area contributed by atoms with Gasteiger partial charge in [-0.05, 0) is 37.6 Å². The lowest BCUT2D eigenvalue weighted by molar-refractivity contribution is 0.753. The Morgan fingerprint density at radius 3 is 2.69 bits per heavy atom. The summed E-state index contributed by atoms with van der Waals surface area (Å²) in [6, 6.07) is 11.4. The van der Waals surface area contributed by atoms with Crippen LogP contribution in [-0.4, -0.2) is 21.0 Å². The standard InChI is InChI=1S/C19H19Cl2N5/c1-3-12(2)23-19-25-16(13-6-5-9-22-11-13)10-17(26-19)24-15-8-4-7-14(20)18(15)21/h4-12H,3H2,1-2H3,(H2,23,24,25,26)/t12-/m1/s1. The van der Waals surface area contributed by atoms with Crippen molar-refractivity contribution in [3.63, 3.8) is 0 Å². The predicted molar refractivity (Wildman–Crippen MR) is 108 cm³/mol. The average molecular weight is 388 g/mol. The van der Waals surface area contributed by atoms with Crippen LogP contribution in [0.3, 0.4) is 0 Å². The van der Waals surface area contributed by atoms with Crippen molar-refractivity contribution in [3.05, 3.63) is 58.8 Å². The van der Waals surface area contributed by atoms with E-state index in [0.717, 1.165) is 17.7 Å². The Balaban J connectivity index is 2.00. The van der Waals surface area contributed by atoms with Crippen molar-refractivity contribution in [1.82, 2.24) is 15.0 Å². The highest BCUT2D eigenvalue weighted by Crippen LogP contribution is 2.32. The van der Waals surface area contributed by atoms with Gasteiger partial charge in [-0.15, -0.1) is 0 Å². The van der Waals surface area contributed by atoms with Crippen LogP contribution in [0.2, 0.25) is 10.0 Å². The van der Waals surface area contributed by atoms with Crippen LogP contribution in [0.25, 0.3) is 11.3 Å². The lowest BCUT2D eigenvalue weighted by Crippen LogP contribution is -2.16. The SMILES string of the molecule is CC[C@@H](C)Nc1nc(Nc2cccc(Cl)c2Cl)cc(-c2cccnc2)n1. The van der Waals surface area contributed by atoms with Gasteiger partial charge in [0.2, 0.25) is 5.95 Å². The molecule has 0 aliphatic heterocycles. The van der Waals surface area contributed by atoms with Crippen LogP contribution in [-0.2, 0) is 0 Å². The van der Waals surface area contributed by atoms with Crippen LogP contribution in [0.1, 0.15) is 20.3 Å². The van der Waals surface area contributed by atoms with E-state index < -0.39 is 0 Å². The molecule has 0 amide bonds. The summed E-state index contributed by atoms with van der Waals surface area (Å²) >= 11 is 12.4. The second kappa shape index (κ2) is 8.34. The van der Waals surface area contributed by atoms with Crippen molar-refractivity contribution in [2.45, 2.75) is 26.3 Å². The molecule has 0 radical (unpaired) electrons. The largest absolute Gasteiger partial charge is 0.352 e. The van der Waals surface area contributed by atoms with E-state index in [2.05, 4.69) is 39.4 Å². The van der Waals surface area contributed by atoms with Gasteiger partial charge in [-0.3, -0.25) is 4.98 Å². The number of rotatable bonds is 6. The maximum atomic E-state index is 6.28. The van der Waals surface area contributed by atoms with E-state index in [4.69, 9.17) is 23.2 Å². The molecule has 0 spiro atoms. The number of anilines is 3. The second-order valence-electron chi connectivity index (χ2n) is 5.88. The summed E-state index contributed by atoms with van der Waals surface area (Å²) in [5, 5.41) is 7.47. The van der Waals surface area contributed by atoms with E-state index in [1.807, 2.05) is 30.3 Å². The topological polar surface area (TPSA) is 62.7 Å². The Hall–Kier alpha value is -2.37. The van der Waals surface area contributed by atoms with Crippen LogP contribution in [0.5, 0.6) is 0 Å². The molecule has 5 nitrogen and oxygen atoms in total. The minimum Gasteiger partial charge on any atom is -0.352 e. The minimum absolute atomic E-state index is 0.252. The summed E-state index contributed by atoms with van der Waals surface area (Å²) in [5.74, 6) is 1.16. The molecule has 2 N–H and O–H groups in total. The molecule has 0 saturated heterocycles. The number of nitrogens with one attached hydrogen (secondary N) is 2. The molecule has 0 aliphatic rings. The summed E-state index contributed by atoms with van der Waals surface area (Å²) < 4.78 is 0. The molecule has 1 aromatic carbocycles. The van der Waals surface area contributed by atoms with E-state index in [1.165, 1.54) is 0 Å². The number of aromatic nitrogens is 3. The average Bonchev–Trinajstić information content (AvgIpc) is 2.66. The normalized spacial score (nSPS) is 11.8. The Labute approximate surface area is 162 Å². The highest BCUT2D eigenvalue weighted by Gasteiger charge is 2.11. The molecular weight excluding hydrogens is 369 g/mol. The Morgan fingerprint density at radius 1 is 1.12 bits per heavy atom. The van der Waals surface area contributed by atoms with Gasteiger partial charge in [-0.1, -0.05) is 36.2 Å². The number of hydrogen-bond donors (Lipinski definition) is 2. The van der Waals surface area contributed by atoms with Gasteiger partial charge < -0.3 is 10.6 Å². The molecule has 0 saturated carbocycles. The van der Waals surface area contributed by atoms with Crippen molar-refractivity contribution in [2.24, 2.45) is 0 Å². The maximum Gasteiger partial charge on any atom is 0.225 e. The summed E-state index contributed by atoms with van der Waals surface area (Å²) in [4.78, 5) is 13.3. The lowest BCUT2D eigenvalue weighted by Gasteiger charge is -2.15. The van der Waals surface area contributed by atoms with Crippen LogP contribution in [0, 0.1) is 0 Å². The molecule has 0 fully saturated rings. The van der Waals surface area contributed by atoms with Gasteiger partial charge in [0, 0.05) is 30.1 Å². The van der Waals surface area contributed by atoms with Gasteiger partial charge in [0.15, 0.2) is 0 Å². The lowest BCUT2D eigenvalue weighted by atomic mass is 10.2. The van der Waals surface area contributed by atoms with Crippen LogP contribution >= 0.6 is 23.2 Å². The Kier molecular flexibility index (Phi) is 5.91. The predicted octanol–water partition coefficient (Wildman–Crippen LogP) is 5.80. The quantitative estimate of drug-likeness (QED) is 0.559. The van der Waals surface area contributed by atoms with Crippen LogP contribution in [0.15, 0.2) is 48.8 Å². The van der Waals surface area contributed by atoms with Crippen LogP contribution < -0.4 is 10.6 Å². The molecule has 0 unspecified atom stereocenters. The molecule has 7 heteroatoms. The fourth-order valence-electron chi connectivity index (χ4n) is 2.30. The summed E-state index contributed by atoms with van der Waals surface area (Å²) in [5.41, 5.74) is 2.35. The zero-order chi connectivity index (χ0) is 18.5. The van der Waals surface area contributed by atoms with Crippen molar-refractivity contribution in [1.29, 1.82) is 0 Å². The van der Waals surface area contributed by atoms with E-state index in [-0.39, 0.29) is 6.04 Å². The smallest absolute Gasteiger partial charge is 0.225 e. The van der Waals surface area contributed by atoms with Gasteiger partial charge in [-0.2, -0.15) is 4.98 Å². The second-order valence-corrected chi connectivity index (χ2v) is 6.67. The van der Waals surface area contributed by atoms with E-state index in [9.17, 15) is 0 Å². The summed E-state index contributed by atoms with van der Waals surface area (Å²) in [7, 11) is 0. The highest BCUT2D eigenvalue weighted by molar-refractivity contribution is 6.43. The van der Waals surface area contributed by atoms with Crippen LogP contribution in [0.4, 0.5) is 17.5 Å². The summed E-state index contributed by atoms with van der Waals surface area (Å²) in [6.45, 7) is 4.19. The number of nitrogens with zero attached hydrogens (tertiary/aromatic N) is 3. The molecule has 3 aromatic rings. The first kappa shape index (κ1) is 18.4. The Morgan fingerprint density at radius 2 is 1.96 bits per heavy atom. The van der Waals surface area contributed by atoms with Gasteiger partial charge in [0.25, 0.3) is 0 Å². The van der Waals surface area contributed by atoms with E-state index in [1.54, 1.807) is 18.5 Å². The Bertz CT molecular complexity index is 886. The summed E-state index contributed by atoms with van der Waals surface area (Å²) in [6.07, 6.45) is 4.46. The van der Waals surface area contributed by atoms with Crippen molar-refractivity contribution >= 4 is 40.7 Å². The first-order chi connectivity index (χ1) is 12.6. The molecule has 2 aromatic heterocycles. The highest BCUT2D eigenvalue weighted by atomic mass is 35.5. The minimum atomic E-state index is 0.252. The molecule has 3 rings (SSSR count). The number of pyridine rings is 1. The van der Waals surface area contributed by atoms with Gasteiger partial charge in [0.05, 0.1) is 21.4 Å². The third-order valence-electron chi connectivity index (χ3n) is 3.89. The van der Waals surface area contributed by atoms with Crippen molar-refractivity contribution in [3.8, 4) is 11.3 Å². The van der Waals surface area contributed by atoms with E-state index >= 15 is 0 Å². The third kappa shape index (κ3) is 4.42. The molecule has 2 heterocycles. The maximum absolute atomic E-state index is 6.28. The zero-order valence-corrected chi connectivity index (χ0v) is 16.0. The number of hydrogen-bond acceptors (Lipinski definition) is 5. The molecule has 26 heavy (non-hydrogen) atoms. The monoisotopic (exact) mass is 387 g/mol. The molecule has 0 bridgehead atoms. The molecular formula is C19H19Cl2N5. The fraction of sp³-hybridized carbons (Fsp3) is 0.211. The fourth-order valence-corrected chi connectivity index (χ4v) is 2.65. The first-order valence-corrected chi connectivity index (χ1v) is 9.09. The molecule has 1 atom stereocenters. The number of halogens is 2.